The van der Waals surface area contributed by atoms with Crippen molar-refractivity contribution in [2.45, 2.75) is 252 Å². The van der Waals surface area contributed by atoms with Crippen LogP contribution < -0.4 is 0 Å². The first-order valence-electron chi connectivity index (χ1n) is 29.2. The molecule has 0 aromatic heterocycles. The van der Waals surface area contributed by atoms with Crippen LogP contribution in [-0.4, -0.2) is 37.2 Å². The first-order chi connectivity index (χ1) is 35.5. The lowest BCUT2D eigenvalue weighted by molar-refractivity contribution is -0.167. The Kier molecular flexibility index (Phi) is 55.5. The summed E-state index contributed by atoms with van der Waals surface area (Å²) in [4.78, 5) is 37.9. The zero-order valence-electron chi connectivity index (χ0n) is 46.4. The van der Waals surface area contributed by atoms with Crippen LogP contribution in [0.4, 0.5) is 0 Å². The summed E-state index contributed by atoms with van der Waals surface area (Å²) in [5.41, 5.74) is 0. The van der Waals surface area contributed by atoms with Crippen molar-refractivity contribution in [1.29, 1.82) is 0 Å². The second kappa shape index (κ2) is 59.1. The van der Waals surface area contributed by atoms with Crippen LogP contribution in [0.15, 0.2) is 134 Å². The molecule has 0 saturated carbocycles. The average molecular weight is 996 g/mol. The first kappa shape index (κ1) is 67.5. The summed E-state index contributed by atoms with van der Waals surface area (Å²) in [5, 5.41) is 0. The van der Waals surface area contributed by atoms with Crippen LogP contribution >= 0.6 is 0 Å². The van der Waals surface area contributed by atoms with E-state index in [0.29, 0.717) is 19.3 Å². The molecule has 0 aliphatic rings. The van der Waals surface area contributed by atoms with Crippen LogP contribution in [0.5, 0.6) is 0 Å². The van der Waals surface area contributed by atoms with Gasteiger partial charge < -0.3 is 14.2 Å². The van der Waals surface area contributed by atoms with Crippen LogP contribution in [0.3, 0.4) is 0 Å². The third-order valence-electron chi connectivity index (χ3n) is 11.9. The van der Waals surface area contributed by atoms with Crippen molar-refractivity contribution in [3.8, 4) is 0 Å². The Morgan fingerprint density at radius 1 is 0.292 bits per heavy atom. The summed E-state index contributed by atoms with van der Waals surface area (Å²) in [7, 11) is 0. The molecule has 0 bridgehead atoms. The molecular weight excluding hydrogens is 889 g/mol. The van der Waals surface area contributed by atoms with Crippen LogP contribution in [0.1, 0.15) is 245 Å². The summed E-state index contributed by atoms with van der Waals surface area (Å²) >= 11 is 0. The highest BCUT2D eigenvalue weighted by molar-refractivity contribution is 5.71. The van der Waals surface area contributed by atoms with Gasteiger partial charge in [0.05, 0.1) is 0 Å². The molecular formula is C66H106O6. The van der Waals surface area contributed by atoms with Gasteiger partial charge in [0, 0.05) is 19.3 Å². The molecule has 0 fully saturated rings. The van der Waals surface area contributed by atoms with Crippen molar-refractivity contribution < 1.29 is 28.6 Å². The molecule has 0 N–H and O–H groups in total. The minimum atomic E-state index is -0.805. The molecule has 0 saturated heterocycles. The standard InChI is InChI=1S/C66H106O6/c1-4-7-10-13-16-18-20-22-24-26-28-29-30-31-32-33-34-35-36-37-39-40-42-44-46-48-50-53-56-59-65(68)71-62-63(61-70-64(67)58-55-52-15-12-9-6-3)72-66(69)60-57-54-51-49-47-45-43-41-38-27-25-23-21-19-17-14-11-8-5-2/h7,10,16-19,22-25,28-29,31-32,34-35,37,39,42,44,48,50,63H,4-6,8-9,11-15,20-21,26-27,30,33,36,38,40-41,43,45-47,49,51-62H2,1-3H3/b10-7-,18-16-,19-17-,24-22-,25-23-,29-28-,32-31-,35-34-,39-37-,44-42-,50-48-. The molecule has 0 aromatic carbocycles. The smallest absolute Gasteiger partial charge is 0.306 e. The Morgan fingerprint density at radius 3 is 0.931 bits per heavy atom. The quantitative estimate of drug-likeness (QED) is 0.0261. The largest absolute Gasteiger partial charge is 0.462 e. The van der Waals surface area contributed by atoms with Crippen molar-refractivity contribution in [3.05, 3.63) is 134 Å². The van der Waals surface area contributed by atoms with E-state index in [0.717, 1.165) is 109 Å². The molecule has 0 heterocycles. The summed E-state index contributed by atoms with van der Waals surface area (Å²) in [6.45, 7) is 6.38. The number of allylic oxidation sites excluding steroid dienone is 22. The van der Waals surface area contributed by atoms with Gasteiger partial charge in [-0.25, -0.2) is 0 Å². The van der Waals surface area contributed by atoms with E-state index in [2.05, 4.69) is 154 Å². The topological polar surface area (TPSA) is 78.9 Å². The minimum Gasteiger partial charge on any atom is -0.462 e. The summed E-state index contributed by atoms with van der Waals surface area (Å²) in [6, 6.07) is 0. The van der Waals surface area contributed by atoms with E-state index >= 15 is 0 Å². The molecule has 6 heteroatoms. The molecule has 406 valence electrons. The zero-order valence-corrected chi connectivity index (χ0v) is 46.4. The lowest BCUT2D eigenvalue weighted by Gasteiger charge is -2.18. The molecule has 1 unspecified atom stereocenters. The van der Waals surface area contributed by atoms with Gasteiger partial charge in [0.2, 0.25) is 0 Å². The molecule has 0 spiro atoms. The monoisotopic (exact) mass is 995 g/mol. The van der Waals surface area contributed by atoms with E-state index in [9.17, 15) is 14.4 Å². The Hall–Kier alpha value is -4.45. The van der Waals surface area contributed by atoms with Gasteiger partial charge >= 0.3 is 17.9 Å². The molecule has 0 aliphatic carbocycles. The summed E-state index contributed by atoms with van der Waals surface area (Å²) in [5.74, 6) is -0.982. The molecule has 6 nitrogen and oxygen atoms in total. The maximum absolute atomic E-state index is 12.8. The van der Waals surface area contributed by atoms with E-state index in [1.165, 1.54) is 89.9 Å². The normalized spacial score (nSPS) is 13.1. The number of esters is 3. The number of hydrogen-bond acceptors (Lipinski definition) is 6. The maximum Gasteiger partial charge on any atom is 0.306 e. The Balaban J connectivity index is 4.28. The second-order valence-electron chi connectivity index (χ2n) is 18.8. The van der Waals surface area contributed by atoms with Crippen molar-refractivity contribution in [2.75, 3.05) is 13.2 Å². The van der Waals surface area contributed by atoms with E-state index in [4.69, 9.17) is 14.2 Å². The molecule has 1 atom stereocenters. The fourth-order valence-electron chi connectivity index (χ4n) is 7.53. The van der Waals surface area contributed by atoms with Gasteiger partial charge in [-0.15, -0.1) is 0 Å². The third kappa shape index (κ3) is 56.5. The highest BCUT2D eigenvalue weighted by Crippen LogP contribution is 2.14. The Labute approximate surface area is 443 Å². The highest BCUT2D eigenvalue weighted by atomic mass is 16.6. The number of unbranched alkanes of at least 4 members (excludes halogenated alkanes) is 18. The first-order valence-corrected chi connectivity index (χ1v) is 29.2. The van der Waals surface area contributed by atoms with E-state index in [-0.39, 0.29) is 37.5 Å². The molecule has 72 heavy (non-hydrogen) atoms. The van der Waals surface area contributed by atoms with Crippen molar-refractivity contribution in [1.82, 2.24) is 0 Å². The maximum atomic E-state index is 12.8. The summed E-state index contributed by atoms with van der Waals surface area (Å²) < 4.78 is 16.7. The van der Waals surface area contributed by atoms with Gasteiger partial charge in [0.1, 0.15) is 13.2 Å². The highest BCUT2D eigenvalue weighted by Gasteiger charge is 2.19. The van der Waals surface area contributed by atoms with Gasteiger partial charge in [-0.1, -0.05) is 244 Å². The van der Waals surface area contributed by atoms with Crippen LogP contribution in [0.2, 0.25) is 0 Å². The fraction of sp³-hybridized carbons (Fsp3) is 0.621. The van der Waals surface area contributed by atoms with Gasteiger partial charge in [-0.3, -0.25) is 14.4 Å². The predicted molar refractivity (Wildman–Crippen MR) is 311 cm³/mol. The van der Waals surface area contributed by atoms with E-state index in [1.54, 1.807) is 0 Å². The number of rotatable bonds is 51. The number of hydrogen-bond donors (Lipinski definition) is 0. The molecule has 0 amide bonds. The zero-order chi connectivity index (χ0) is 52.2. The fourth-order valence-corrected chi connectivity index (χ4v) is 7.53. The Morgan fingerprint density at radius 2 is 0.556 bits per heavy atom. The molecule has 0 rings (SSSR count). The third-order valence-corrected chi connectivity index (χ3v) is 11.9. The van der Waals surface area contributed by atoms with Crippen molar-refractivity contribution in [2.24, 2.45) is 0 Å². The molecule has 0 aromatic rings. The van der Waals surface area contributed by atoms with Crippen molar-refractivity contribution in [3.63, 3.8) is 0 Å². The van der Waals surface area contributed by atoms with Crippen molar-refractivity contribution >= 4 is 17.9 Å². The second-order valence-corrected chi connectivity index (χ2v) is 18.8. The van der Waals surface area contributed by atoms with Crippen LogP contribution in [-0.2, 0) is 28.6 Å². The molecule has 0 aliphatic heterocycles. The van der Waals surface area contributed by atoms with E-state index < -0.39 is 6.10 Å². The predicted octanol–water partition coefficient (Wildman–Crippen LogP) is 19.8. The van der Waals surface area contributed by atoms with Crippen LogP contribution in [0, 0.1) is 0 Å². The van der Waals surface area contributed by atoms with E-state index in [1.807, 2.05) is 0 Å². The SMILES string of the molecule is CC/C=C\C/C=C\C/C=C\C/C=C\C/C=C\C/C=C\C/C=C\C/C=C\C/C=C\CCCC(=O)OCC(COC(=O)CCCCCCCC)OC(=O)CCCCCCCCCCC/C=C\C/C=C\CCCCC. The van der Waals surface area contributed by atoms with Gasteiger partial charge in [-0.05, 0) is 116 Å². The Bertz CT molecular complexity index is 1560. The average Bonchev–Trinajstić information content (AvgIpc) is 3.38. The molecule has 0 radical (unpaired) electrons. The lowest BCUT2D eigenvalue weighted by atomic mass is 10.1. The minimum absolute atomic E-state index is 0.101. The van der Waals surface area contributed by atoms with Crippen LogP contribution in [0.25, 0.3) is 0 Å². The lowest BCUT2D eigenvalue weighted by Crippen LogP contribution is -2.30. The van der Waals surface area contributed by atoms with Gasteiger partial charge in [-0.2, -0.15) is 0 Å². The summed E-state index contributed by atoms with van der Waals surface area (Å²) in [6.07, 6.45) is 83.4. The van der Waals surface area contributed by atoms with Gasteiger partial charge in [0.15, 0.2) is 6.10 Å². The van der Waals surface area contributed by atoms with Gasteiger partial charge in [0.25, 0.3) is 0 Å². The number of carbonyl (C=O) groups excluding carboxylic acids is 3. The number of ether oxygens (including phenoxy) is 3. The number of carbonyl (C=O) groups is 3.